The van der Waals surface area contributed by atoms with Crippen molar-refractivity contribution in [1.29, 1.82) is 0 Å². The van der Waals surface area contributed by atoms with Gasteiger partial charge in [0.15, 0.2) is 0 Å². The number of halogens is 3. The van der Waals surface area contributed by atoms with Crippen LogP contribution in [-0.4, -0.2) is 11.7 Å². The lowest BCUT2D eigenvalue weighted by Gasteiger charge is -2.18. The first-order valence-electron chi connectivity index (χ1n) is 6.08. The number of rotatable bonds is 2. The van der Waals surface area contributed by atoms with Crippen molar-refractivity contribution in [2.24, 2.45) is 0 Å². The van der Waals surface area contributed by atoms with E-state index in [2.05, 4.69) is 0 Å². The van der Waals surface area contributed by atoms with Crippen molar-refractivity contribution in [1.82, 2.24) is 0 Å². The van der Waals surface area contributed by atoms with Gasteiger partial charge in [0, 0.05) is 5.02 Å². The Hall–Kier alpha value is -1.91. The third-order valence-corrected chi connectivity index (χ3v) is 3.98. The van der Waals surface area contributed by atoms with E-state index >= 15 is 0 Å². The Balaban J connectivity index is 2.10. The zero-order valence-corrected chi connectivity index (χ0v) is 12.1. The van der Waals surface area contributed by atoms with E-state index in [0.29, 0.717) is 10.6 Å². The van der Waals surface area contributed by atoms with E-state index in [-0.39, 0.29) is 22.8 Å². The SMILES string of the molecule is O=C1C(=O)N(Cc2ccccc2Cl)c2c(F)ccc(Cl)c21. The number of hydrogen-bond acceptors (Lipinski definition) is 2. The molecule has 1 aliphatic rings. The predicted molar refractivity (Wildman–Crippen MR) is 78.4 cm³/mol. The van der Waals surface area contributed by atoms with Gasteiger partial charge < -0.3 is 0 Å². The summed E-state index contributed by atoms with van der Waals surface area (Å²) in [5.41, 5.74) is 0.443. The highest BCUT2D eigenvalue weighted by molar-refractivity contribution is 6.55. The van der Waals surface area contributed by atoms with Crippen molar-refractivity contribution in [2.45, 2.75) is 6.54 Å². The number of carbonyl (C=O) groups is 2. The topological polar surface area (TPSA) is 37.4 Å². The van der Waals surface area contributed by atoms with Gasteiger partial charge in [-0.05, 0) is 23.8 Å². The fourth-order valence-corrected chi connectivity index (χ4v) is 2.73. The van der Waals surface area contributed by atoms with Crippen LogP contribution in [0.2, 0.25) is 10.0 Å². The van der Waals surface area contributed by atoms with Gasteiger partial charge in [-0.1, -0.05) is 41.4 Å². The van der Waals surface area contributed by atoms with Gasteiger partial charge >= 0.3 is 0 Å². The summed E-state index contributed by atoms with van der Waals surface area (Å²) in [5.74, 6) is -2.28. The molecule has 0 fully saturated rings. The molecule has 1 aliphatic heterocycles. The molecule has 0 spiro atoms. The van der Waals surface area contributed by atoms with Crippen LogP contribution in [0.25, 0.3) is 0 Å². The van der Waals surface area contributed by atoms with Gasteiger partial charge in [0.05, 0.1) is 22.8 Å². The minimum absolute atomic E-state index is 0.00844. The van der Waals surface area contributed by atoms with Crippen molar-refractivity contribution in [2.75, 3.05) is 4.90 Å². The van der Waals surface area contributed by atoms with Crippen LogP contribution >= 0.6 is 23.2 Å². The Morgan fingerprint density at radius 3 is 2.43 bits per heavy atom. The van der Waals surface area contributed by atoms with Crippen LogP contribution in [0, 0.1) is 5.82 Å². The van der Waals surface area contributed by atoms with Gasteiger partial charge in [0.25, 0.3) is 11.7 Å². The van der Waals surface area contributed by atoms with Crippen LogP contribution in [-0.2, 0) is 11.3 Å². The van der Waals surface area contributed by atoms with Gasteiger partial charge in [-0.25, -0.2) is 4.39 Å². The van der Waals surface area contributed by atoms with Crippen LogP contribution in [0.4, 0.5) is 10.1 Å². The molecule has 0 saturated heterocycles. The maximum Gasteiger partial charge on any atom is 0.299 e. The summed E-state index contributed by atoms with van der Waals surface area (Å²) in [6, 6.07) is 9.26. The first-order valence-corrected chi connectivity index (χ1v) is 6.84. The quantitative estimate of drug-likeness (QED) is 0.787. The van der Waals surface area contributed by atoms with Crippen molar-refractivity contribution in [3.05, 3.63) is 63.4 Å². The molecule has 0 saturated carbocycles. The first kappa shape index (κ1) is 14.0. The van der Waals surface area contributed by atoms with Crippen LogP contribution in [0.1, 0.15) is 15.9 Å². The molecule has 0 radical (unpaired) electrons. The number of ketones is 1. The van der Waals surface area contributed by atoms with Crippen molar-refractivity contribution >= 4 is 40.6 Å². The molecule has 0 bridgehead atoms. The highest BCUT2D eigenvalue weighted by Crippen LogP contribution is 2.37. The van der Waals surface area contributed by atoms with E-state index in [1.807, 2.05) is 0 Å². The van der Waals surface area contributed by atoms with Crippen LogP contribution in [0.15, 0.2) is 36.4 Å². The maximum atomic E-state index is 14.0. The molecule has 2 aromatic carbocycles. The molecule has 0 aromatic heterocycles. The van der Waals surface area contributed by atoms with Gasteiger partial charge in [0.2, 0.25) is 0 Å². The standard InChI is InChI=1S/C15H8Cl2FNO2/c16-9-4-2-1-3-8(9)7-19-13-11(18)6-5-10(17)12(13)14(20)15(19)21/h1-6H,7H2. The Morgan fingerprint density at radius 1 is 1.00 bits per heavy atom. The lowest BCUT2D eigenvalue weighted by molar-refractivity contribution is -0.114. The molecular weight excluding hydrogens is 316 g/mol. The zero-order valence-electron chi connectivity index (χ0n) is 10.6. The van der Waals surface area contributed by atoms with Crippen molar-refractivity contribution < 1.29 is 14.0 Å². The summed E-state index contributed by atoms with van der Waals surface area (Å²) in [6.07, 6.45) is 0. The summed E-state index contributed by atoms with van der Waals surface area (Å²) in [4.78, 5) is 25.1. The summed E-state index contributed by atoms with van der Waals surface area (Å²) in [7, 11) is 0. The molecule has 0 N–H and O–H groups in total. The fourth-order valence-electron chi connectivity index (χ4n) is 2.30. The number of carbonyl (C=O) groups excluding carboxylic acids is 2. The van der Waals surface area contributed by atoms with Gasteiger partial charge in [-0.2, -0.15) is 0 Å². The second-order valence-electron chi connectivity index (χ2n) is 4.56. The monoisotopic (exact) mass is 323 g/mol. The zero-order chi connectivity index (χ0) is 15.1. The summed E-state index contributed by atoms with van der Waals surface area (Å²) < 4.78 is 14.0. The normalized spacial score (nSPS) is 13.8. The number of anilines is 1. The van der Waals surface area contributed by atoms with E-state index < -0.39 is 17.5 Å². The number of Topliss-reactive ketones (excluding diaryl/α,β-unsaturated/α-hetero) is 1. The van der Waals surface area contributed by atoms with Crippen LogP contribution < -0.4 is 4.90 Å². The highest BCUT2D eigenvalue weighted by atomic mass is 35.5. The Kier molecular flexibility index (Phi) is 3.43. The van der Waals surface area contributed by atoms with E-state index in [4.69, 9.17) is 23.2 Å². The molecule has 21 heavy (non-hydrogen) atoms. The Morgan fingerprint density at radius 2 is 1.71 bits per heavy atom. The molecule has 1 heterocycles. The predicted octanol–water partition coefficient (Wildman–Crippen LogP) is 3.86. The largest absolute Gasteiger partial charge is 0.299 e. The number of benzene rings is 2. The average molecular weight is 324 g/mol. The van der Waals surface area contributed by atoms with E-state index in [1.165, 1.54) is 6.07 Å². The van der Waals surface area contributed by atoms with Gasteiger partial charge in [-0.15, -0.1) is 0 Å². The molecular formula is C15H8Cl2FNO2. The lowest BCUT2D eigenvalue weighted by Crippen LogP contribution is -2.29. The number of fused-ring (bicyclic) bond motifs is 1. The fraction of sp³-hybridized carbons (Fsp3) is 0.0667. The summed E-state index contributed by atoms with van der Waals surface area (Å²) in [5, 5.41) is 0.500. The minimum Gasteiger partial charge on any atom is -0.297 e. The number of hydrogen-bond donors (Lipinski definition) is 0. The molecule has 1 amide bonds. The van der Waals surface area contributed by atoms with Crippen molar-refractivity contribution in [3.8, 4) is 0 Å². The Labute approximate surface area is 129 Å². The smallest absolute Gasteiger partial charge is 0.297 e. The molecule has 106 valence electrons. The minimum atomic E-state index is -0.808. The molecule has 0 unspecified atom stereocenters. The highest BCUT2D eigenvalue weighted by Gasteiger charge is 2.40. The molecule has 2 aromatic rings. The molecule has 3 nitrogen and oxygen atoms in total. The lowest BCUT2D eigenvalue weighted by atomic mass is 10.1. The van der Waals surface area contributed by atoms with Gasteiger partial charge in [-0.3, -0.25) is 14.5 Å². The Bertz CT molecular complexity index is 776. The number of amides is 1. The molecule has 0 atom stereocenters. The number of nitrogens with zero attached hydrogens (tertiary/aromatic N) is 1. The van der Waals surface area contributed by atoms with Gasteiger partial charge in [0.1, 0.15) is 5.82 Å². The van der Waals surface area contributed by atoms with Crippen molar-refractivity contribution in [3.63, 3.8) is 0 Å². The van der Waals surface area contributed by atoms with Crippen LogP contribution in [0.3, 0.4) is 0 Å². The van der Waals surface area contributed by atoms with E-state index in [0.717, 1.165) is 11.0 Å². The second-order valence-corrected chi connectivity index (χ2v) is 5.38. The summed E-state index contributed by atoms with van der Waals surface area (Å²) in [6.45, 7) is 0.00844. The first-order chi connectivity index (χ1) is 10.0. The summed E-state index contributed by atoms with van der Waals surface area (Å²) >= 11 is 12.0. The third-order valence-electron chi connectivity index (χ3n) is 3.30. The average Bonchev–Trinajstić information content (AvgIpc) is 2.71. The van der Waals surface area contributed by atoms with Crippen LogP contribution in [0.5, 0.6) is 0 Å². The molecule has 6 heteroatoms. The molecule has 0 aliphatic carbocycles. The van der Waals surface area contributed by atoms with E-state index in [9.17, 15) is 14.0 Å². The molecule has 3 rings (SSSR count). The third kappa shape index (κ3) is 2.20. The maximum absolute atomic E-state index is 14.0. The van der Waals surface area contributed by atoms with E-state index in [1.54, 1.807) is 24.3 Å². The second kappa shape index (κ2) is 5.13.